The summed E-state index contributed by atoms with van der Waals surface area (Å²) in [4.78, 5) is 35.8. The summed E-state index contributed by atoms with van der Waals surface area (Å²) in [6, 6.07) is 0. The highest BCUT2D eigenvalue weighted by atomic mass is 31.2. The number of carbonyl (C=O) groups excluding carboxylic acids is 2. The van der Waals surface area contributed by atoms with E-state index in [2.05, 4.69) is 26.0 Å². The number of phosphoric acid groups is 1. The van der Waals surface area contributed by atoms with E-state index in [1.165, 1.54) is 128 Å². The van der Waals surface area contributed by atoms with Crippen LogP contribution in [0.5, 0.6) is 0 Å². The SMILES string of the molecule is CCCCCCCC/C=C\CCCCCCCC(=O)OC(COC(=O)CCCCCCCCCCCCCCCCCCCC)COP(=O)(O)OC1C(O)C(O)C(O)C(O)C1O. The van der Waals surface area contributed by atoms with Gasteiger partial charge < -0.3 is 39.9 Å². The summed E-state index contributed by atoms with van der Waals surface area (Å²) >= 11 is 0. The van der Waals surface area contributed by atoms with Crippen molar-refractivity contribution in [2.24, 2.45) is 0 Å². The van der Waals surface area contributed by atoms with E-state index in [-0.39, 0.29) is 12.8 Å². The summed E-state index contributed by atoms with van der Waals surface area (Å²) < 4.78 is 33.6. The maximum Gasteiger partial charge on any atom is 0.472 e. The van der Waals surface area contributed by atoms with Crippen molar-refractivity contribution in [2.45, 2.75) is 268 Å². The number of unbranched alkanes of at least 4 members (excludes halogenated alkanes) is 28. The minimum Gasteiger partial charge on any atom is -0.462 e. The van der Waals surface area contributed by atoms with Crippen LogP contribution in [0.2, 0.25) is 0 Å². The molecule has 62 heavy (non-hydrogen) atoms. The van der Waals surface area contributed by atoms with Crippen LogP contribution in [-0.4, -0.2) is 98.3 Å². The van der Waals surface area contributed by atoms with Crippen LogP contribution < -0.4 is 0 Å². The third-order valence-corrected chi connectivity index (χ3v) is 12.8. The fraction of sp³-hybridized carbons (Fsp3) is 0.917. The molecule has 1 saturated carbocycles. The minimum atomic E-state index is -5.12. The Kier molecular flexibility index (Phi) is 36.7. The van der Waals surface area contributed by atoms with E-state index in [0.29, 0.717) is 12.8 Å². The van der Waals surface area contributed by atoms with Crippen molar-refractivity contribution in [3.05, 3.63) is 12.2 Å². The maximum atomic E-state index is 12.8. The Labute approximate surface area is 375 Å². The highest BCUT2D eigenvalue weighted by Crippen LogP contribution is 2.47. The summed E-state index contributed by atoms with van der Waals surface area (Å²) in [7, 11) is -5.12. The second-order valence-electron chi connectivity index (χ2n) is 17.7. The molecule has 13 nitrogen and oxygen atoms in total. The van der Waals surface area contributed by atoms with Gasteiger partial charge >= 0.3 is 19.8 Å². The van der Waals surface area contributed by atoms with Crippen LogP contribution in [0.15, 0.2) is 12.2 Å². The molecule has 0 spiro atoms. The lowest BCUT2D eigenvalue weighted by Gasteiger charge is -2.41. The smallest absolute Gasteiger partial charge is 0.462 e. The van der Waals surface area contributed by atoms with Crippen LogP contribution in [0.1, 0.15) is 226 Å². The van der Waals surface area contributed by atoms with Crippen LogP contribution in [-0.2, 0) is 32.7 Å². The van der Waals surface area contributed by atoms with Gasteiger partial charge in [0.05, 0.1) is 6.61 Å². The number of aliphatic hydroxyl groups is 5. The van der Waals surface area contributed by atoms with Crippen LogP contribution >= 0.6 is 7.82 Å². The van der Waals surface area contributed by atoms with Gasteiger partial charge in [0.15, 0.2) is 6.10 Å². The average Bonchev–Trinajstić information content (AvgIpc) is 3.25. The fourth-order valence-corrected chi connectivity index (χ4v) is 8.79. The van der Waals surface area contributed by atoms with Crippen molar-refractivity contribution in [1.29, 1.82) is 0 Å². The maximum absolute atomic E-state index is 12.8. The van der Waals surface area contributed by atoms with Gasteiger partial charge in [0, 0.05) is 12.8 Å². The molecule has 0 aromatic rings. The largest absolute Gasteiger partial charge is 0.472 e. The molecule has 0 aliphatic heterocycles. The van der Waals surface area contributed by atoms with E-state index in [0.717, 1.165) is 57.8 Å². The number of carbonyl (C=O) groups is 2. The van der Waals surface area contributed by atoms with Crippen molar-refractivity contribution < 1.29 is 63.1 Å². The zero-order valence-electron chi connectivity index (χ0n) is 38.9. The molecule has 0 amide bonds. The number of aliphatic hydroxyl groups excluding tert-OH is 5. The second kappa shape index (κ2) is 38.8. The minimum absolute atomic E-state index is 0.0910. The molecule has 0 radical (unpaired) electrons. The van der Waals surface area contributed by atoms with Gasteiger partial charge in [-0.25, -0.2) is 4.57 Å². The Hall–Kier alpha value is -1.41. The number of hydrogen-bond donors (Lipinski definition) is 6. The Bertz CT molecular complexity index is 1140. The molecule has 1 fully saturated rings. The first-order valence-corrected chi connectivity index (χ1v) is 26.5. The molecule has 6 N–H and O–H groups in total. The number of phosphoric ester groups is 1. The number of hydrogen-bond acceptors (Lipinski definition) is 12. The van der Waals surface area contributed by atoms with Crippen molar-refractivity contribution in [1.82, 2.24) is 0 Å². The van der Waals surface area contributed by atoms with Crippen molar-refractivity contribution in [3.63, 3.8) is 0 Å². The van der Waals surface area contributed by atoms with E-state index < -0.39 is 75.7 Å². The van der Waals surface area contributed by atoms with Gasteiger partial charge in [-0.1, -0.05) is 187 Å². The van der Waals surface area contributed by atoms with Gasteiger partial charge in [0.1, 0.15) is 43.2 Å². The predicted molar refractivity (Wildman–Crippen MR) is 244 cm³/mol. The molecule has 6 atom stereocenters. The molecule has 0 aromatic heterocycles. The van der Waals surface area contributed by atoms with Gasteiger partial charge in [-0.15, -0.1) is 0 Å². The first-order chi connectivity index (χ1) is 29.9. The molecular weight excluding hydrogens is 815 g/mol. The quantitative estimate of drug-likeness (QED) is 0.0146. The summed E-state index contributed by atoms with van der Waals surface area (Å²) in [6.07, 6.45) is 28.3. The summed E-state index contributed by atoms with van der Waals surface area (Å²) in [6.45, 7) is 3.32. The molecule has 0 saturated heterocycles. The first kappa shape index (κ1) is 58.6. The summed E-state index contributed by atoms with van der Waals surface area (Å²) in [5.41, 5.74) is 0. The van der Waals surface area contributed by atoms with Crippen molar-refractivity contribution in [3.8, 4) is 0 Å². The molecule has 6 unspecified atom stereocenters. The monoisotopic (exact) mass is 907 g/mol. The molecule has 1 rings (SSSR count). The summed E-state index contributed by atoms with van der Waals surface area (Å²) in [5, 5.41) is 50.2. The van der Waals surface area contributed by atoms with E-state index in [9.17, 15) is 44.6 Å². The zero-order chi connectivity index (χ0) is 45.7. The van der Waals surface area contributed by atoms with E-state index in [4.69, 9.17) is 18.5 Å². The molecule has 0 heterocycles. The standard InChI is InChI=1S/C48H91O13P/c1-3-5-7-9-11-13-15-17-19-20-21-23-24-26-28-30-32-34-36-41(49)58-38-40(39-59-62(56,57)61-48-46(54)44(52)43(51)45(53)47(48)55)60-42(50)37-35-33-31-29-27-25-22-18-16-14-12-10-8-6-4-2/h18,22,40,43-48,51-55H,3-17,19-21,23-39H2,1-2H3,(H,56,57)/b22-18-. The lowest BCUT2D eigenvalue weighted by atomic mass is 9.85. The Morgan fingerprint density at radius 1 is 0.484 bits per heavy atom. The molecule has 1 aliphatic carbocycles. The van der Waals surface area contributed by atoms with Crippen LogP contribution in [0, 0.1) is 0 Å². The Morgan fingerprint density at radius 2 is 0.823 bits per heavy atom. The van der Waals surface area contributed by atoms with Gasteiger partial charge in [0.2, 0.25) is 0 Å². The molecule has 0 aromatic carbocycles. The Balaban J connectivity index is 2.40. The lowest BCUT2D eigenvalue weighted by Crippen LogP contribution is -2.64. The topological polar surface area (TPSA) is 210 Å². The van der Waals surface area contributed by atoms with Gasteiger partial charge in [-0.2, -0.15) is 0 Å². The number of rotatable bonds is 42. The fourth-order valence-electron chi connectivity index (χ4n) is 7.81. The highest BCUT2D eigenvalue weighted by Gasteiger charge is 2.51. The van der Waals surface area contributed by atoms with E-state index >= 15 is 0 Å². The molecular formula is C48H91O13P. The van der Waals surface area contributed by atoms with Crippen molar-refractivity contribution >= 4 is 19.8 Å². The van der Waals surface area contributed by atoms with Gasteiger partial charge in [0.25, 0.3) is 0 Å². The van der Waals surface area contributed by atoms with Crippen LogP contribution in [0.4, 0.5) is 0 Å². The van der Waals surface area contributed by atoms with Crippen LogP contribution in [0.25, 0.3) is 0 Å². The molecule has 366 valence electrons. The average molecular weight is 907 g/mol. The second-order valence-corrected chi connectivity index (χ2v) is 19.1. The Morgan fingerprint density at radius 3 is 1.23 bits per heavy atom. The van der Waals surface area contributed by atoms with E-state index in [1.807, 2.05) is 0 Å². The molecule has 0 bridgehead atoms. The third kappa shape index (κ3) is 30.7. The number of esters is 2. The number of allylic oxidation sites excluding steroid dienone is 2. The third-order valence-electron chi connectivity index (χ3n) is 11.9. The highest BCUT2D eigenvalue weighted by molar-refractivity contribution is 7.47. The predicted octanol–water partition coefficient (Wildman–Crippen LogP) is 10.2. The van der Waals surface area contributed by atoms with Crippen LogP contribution in [0.3, 0.4) is 0 Å². The summed E-state index contributed by atoms with van der Waals surface area (Å²) in [5.74, 6) is -1.10. The normalized spacial score (nSPS) is 21.9. The molecule has 14 heteroatoms. The lowest BCUT2D eigenvalue weighted by molar-refractivity contribution is -0.220. The molecule has 1 aliphatic rings. The van der Waals surface area contributed by atoms with Gasteiger partial charge in [-0.05, 0) is 38.5 Å². The first-order valence-electron chi connectivity index (χ1n) is 25.0. The van der Waals surface area contributed by atoms with Gasteiger partial charge in [-0.3, -0.25) is 18.6 Å². The van der Waals surface area contributed by atoms with Crippen molar-refractivity contribution in [2.75, 3.05) is 13.2 Å². The van der Waals surface area contributed by atoms with E-state index in [1.54, 1.807) is 0 Å². The zero-order valence-corrected chi connectivity index (χ0v) is 39.8. The number of ether oxygens (including phenoxy) is 2.